The Morgan fingerprint density at radius 2 is 1.62 bits per heavy atom. The zero-order valence-corrected chi connectivity index (χ0v) is 24.1. The highest BCUT2D eigenvalue weighted by Gasteiger charge is 2.33. The number of halogens is 2. The van der Waals surface area contributed by atoms with Crippen LogP contribution < -0.4 is 9.62 Å². The minimum absolute atomic E-state index is 0.0924. The first-order valence-electron chi connectivity index (χ1n) is 12.3. The second kappa shape index (κ2) is 13.6. The minimum Gasteiger partial charge on any atom is -0.354 e. The van der Waals surface area contributed by atoms with Crippen molar-refractivity contribution in [3.05, 3.63) is 98.5 Å². The molecular formula is C27H28Cl2N4O6S. The summed E-state index contributed by atoms with van der Waals surface area (Å²) in [7, 11) is -4.36. The summed E-state index contributed by atoms with van der Waals surface area (Å²) >= 11 is 12.7. The van der Waals surface area contributed by atoms with Crippen molar-refractivity contribution in [3.63, 3.8) is 0 Å². The smallest absolute Gasteiger partial charge is 0.271 e. The Morgan fingerprint density at radius 1 is 1.00 bits per heavy atom. The first kappa shape index (κ1) is 30.9. The van der Waals surface area contributed by atoms with E-state index in [1.807, 2.05) is 6.92 Å². The highest BCUT2D eigenvalue weighted by molar-refractivity contribution is 7.92. The monoisotopic (exact) mass is 606 g/mol. The predicted octanol–water partition coefficient (Wildman–Crippen LogP) is 5.04. The molecule has 0 fully saturated rings. The Bertz CT molecular complexity index is 1470. The summed E-state index contributed by atoms with van der Waals surface area (Å²) < 4.78 is 28.3. The molecule has 0 radical (unpaired) electrons. The Balaban J connectivity index is 2.09. The number of hydrogen-bond acceptors (Lipinski definition) is 6. The maximum Gasteiger partial charge on any atom is 0.271 e. The molecule has 0 heterocycles. The second-order valence-corrected chi connectivity index (χ2v) is 11.5. The molecule has 13 heteroatoms. The first-order valence-corrected chi connectivity index (χ1v) is 14.5. The molecule has 3 rings (SSSR count). The molecule has 40 heavy (non-hydrogen) atoms. The number of nitrogens with zero attached hydrogens (tertiary/aromatic N) is 3. The van der Waals surface area contributed by atoms with Crippen molar-refractivity contribution in [2.45, 2.75) is 37.8 Å². The highest BCUT2D eigenvalue weighted by atomic mass is 35.5. The number of amides is 2. The van der Waals surface area contributed by atoms with Crippen LogP contribution in [0, 0.1) is 10.1 Å². The van der Waals surface area contributed by atoms with E-state index in [0.717, 1.165) is 10.4 Å². The van der Waals surface area contributed by atoms with Crippen LogP contribution in [0.3, 0.4) is 0 Å². The molecule has 0 aliphatic rings. The zero-order chi connectivity index (χ0) is 29.4. The fourth-order valence-electron chi connectivity index (χ4n) is 3.84. The number of hydrogen-bond donors (Lipinski definition) is 1. The SMILES string of the molecule is CCCNC(=O)C(C)N(Cc1c(Cl)cccc1Cl)C(=O)CN(c1cccc([N+](=O)[O-])c1)S(=O)(=O)c1ccccc1. The number of nitrogens with one attached hydrogen (secondary N) is 1. The molecule has 1 atom stereocenters. The molecule has 212 valence electrons. The maximum absolute atomic E-state index is 13.9. The molecule has 0 saturated heterocycles. The third kappa shape index (κ3) is 7.29. The van der Waals surface area contributed by atoms with Gasteiger partial charge in [0, 0.05) is 40.8 Å². The number of anilines is 1. The van der Waals surface area contributed by atoms with E-state index in [4.69, 9.17) is 23.2 Å². The van der Waals surface area contributed by atoms with E-state index in [-0.39, 0.29) is 32.9 Å². The molecule has 3 aromatic rings. The van der Waals surface area contributed by atoms with Gasteiger partial charge in [0.2, 0.25) is 11.8 Å². The summed E-state index contributed by atoms with van der Waals surface area (Å²) in [6.45, 7) is 2.82. The van der Waals surface area contributed by atoms with Crippen molar-refractivity contribution in [3.8, 4) is 0 Å². The van der Waals surface area contributed by atoms with Crippen molar-refractivity contribution in [1.29, 1.82) is 0 Å². The molecule has 1 unspecified atom stereocenters. The number of rotatable bonds is 12. The summed E-state index contributed by atoms with van der Waals surface area (Å²) in [5, 5.41) is 14.7. The first-order chi connectivity index (χ1) is 19.0. The van der Waals surface area contributed by atoms with E-state index >= 15 is 0 Å². The zero-order valence-electron chi connectivity index (χ0n) is 21.8. The third-order valence-corrected chi connectivity index (χ3v) is 8.54. The number of carbonyl (C=O) groups excluding carboxylic acids is 2. The number of benzene rings is 3. The summed E-state index contributed by atoms with van der Waals surface area (Å²) in [6.07, 6.45) is 0.665. The number of nitro groups is 1. The van der Waals surface area contributed by atoms with Crippen LogP contribution in [-0.4, -0.2) is 49.2 Å². The standard InChI is InChI=1S/C27H28Cl2N4O6S/c1-3-15-30-27(35)19(2)31(17-23-24(28)13-8-14-25(23)29)26(34)18-32(20-9-7-10-21(16-20)33(36)37)40(38,39)22-11-5-4-6-12-22/h4-14,16,19H,3,15,17-18H2,1-2H3,(H,30,35). The summed E-state index contributed by atoms with van der Waals surface area (Å²) in [5.41, 5.74) is -0.0717. The van der Waals surface area contributed by atoms with Gasteiger partial charge in [0.25, 0.3) is 15.7 Å². The molecular weight excluding hydrogens is 579 g/mol. The minimum atomic E-state index is -4.36. The lowest BCUT2D eigenvalue weighted by Crippen LogP contribution is -2.51. The van der Waals surface area contributed by atoms with Crippen LogP contribution >= 0.6 is 23.2 Å². The predicted molar refractivity (Wildman–Crippen MR) is 154 cm³/mol. The molecule has 0 aliphatic heterocycles. The average molecular weight is 608 g/mol. The number of sulfonamides is 1. The molecule has 10 nitrogen and oxygen atoms in total. The maximum atomic E-state index is 13.9. The van der Waals surface area contributed by atoms with Gasteiger partial charge in [-0.05, 0) is 43.7 Å². The van der Waals surface area contributed by atoms with Crippen LogP contribution in [0.4, 0.5) is 11.4 Å². The molecule has 0 aromatic heterocycles. The van der Waals surface area contributed by atoms with Gasteiger partial charge in [-0.1, -0.05) is 60.5 Å². The van der Waals surface area contributed by atoms with Crippen molar-refractivity contribution in [1.82, 2.24) is 10.2 Å². The third-order valence-electron chi connectivity index (χ3n) is 6.05. The van der Waals surface area contributed by atoms with Crippen LogP contribution in [0.1, 0.15) is 25.8 Å². The number of nitro benzene ring substituents is 1. The van der Waals surface area contributed by atoms with Crippen LogP contribution in [0.25, 0.3) is 0 Å². The van der Waals surface area contributed by atoms with Gasteiger partial charge >= 0.3 is 0 Å². The van der Waals surface area contributed by atoms with Crippen molar-refractivity contribution < 1.29 is 22.9 Å². The fourth-order valence-corrected chi connectivity index (χ4v) is 5.79. The van der Waals surface area contributed by atoms with Gasteiger partial charge in [0.05, 0.1) is 15.5 Å². The van der Waals surface area contributed by atoms with Crippen LogP contribution in [0.15, 0.2) is 77.7 Å². The average Bonchev–Trinajstić information content (AvgIpc) is 2.94. The molecule has 0 saturated carbocycles. The van der Waals surface area contributed by atoms with E-state index in [9.17, 15) is 28.1 Å². The van der Waals surface area contributed by atoms with E-state index in [1.165, 1.54) is 54.3 Å². The Morgan fingerprint density at radius 3 is 2.23 bits per heavy atom. The molecule has 3 aromatic carbocycles. The van der Waals surface area contributed by atoms with Gasteiger partial charge in [-0.2, -0.15) is 0 Å². The van der Waals surface area contributed by atoms with Crippen molar-refractivity contribution in [2.24, 2.45) is 0 Å². The number of non-ortho nitro benzene ring substituents is 1. The Kier molecular flexibility index (Phi) is 10.5. The van der Waals surface area contributed by atoms with E-state index in [2.05, 4.69) is 5.32 Å². The van der Waals surface area contributed by atoms with E-state index < -0.39 is 39.3 Å². The van der Waals surface area contributed by atoms with Crippen LogP contribution in [0.5, 0.6) is 0 Å². The van der Waals surface area contributed by atoms with Gasteiger partial charge in [0.15, 0.2) is 0 Å². The van der Waals surface area contributed by atoms with Gasteiger partial charge in [-0.3, -0.25) is 24.0 Å². The molecule has 1 N–H and O–H groups in total. The lowest BCUT2D eigenvalue weighted by molar-refractivity contribution is -0.384. The number of carbonyl (C=O) groups is 2. The Hall–Kier alpha value is -3.67. The van der Waals surface area contributed by atoms with Crippen LogP contribution in [0.2, 0.25) is 10.0 Å². The van der Waals surface area contributed by atoms with Gasteiger partial charge in [-0.25, -0.2) is 8.42 Å². The normalized spacial score (nSPS) is 11.9. The van der Waals surface area contributed by atoms with E-state index in [0.29, 0.717) is 18.5 Å². The van der Waals surface area contributed by atoms with Gasteiger partial charge in [0.1, 0.15) is 12.6 Å². The summed E-state index contributed by atoms with van der Waals surface area (Å²) in [4.78, 5) is 38.7. The molecule has 0 spiro atoms. The second-order valence-electron chi connectivity index (χ2n) is 8.79. The molecule has 2 amide bonds. The van der Waals surface area contributed by atoms with Gasteiger partial charge < -0.3 is 10.2 Å². The van der Waals surface area contributed by atoms with E-state index in [1.54, 1.807) is 24.3 Å². The largest absolute Gasteiger partial charge is 0.354 e. The molecule has 0 bridgehead atoms. The highest BCUT2D eigenvalue weighted by Crippen LogP contribution is 2.29. The van der Waals surface area contributed by atoms with Crippen LogP contribution in [-0.2, 0) is 26.2 Å². The molecule has 0 aliphatic carbocycles. The fraction of sp³-hybridized carbons (Fsp3) is 0.259. The Labute approximate surface area is 242 Å². The van der Waals surface area contributed by atoms with Gasteiger partial charge in [-0.15, -0.1) is 0 Å². The van der Waals surface area contributed by atoms with Crippen molar-refractivity contribution in [2.75, 3.05) is 17.4 Å². The lowest BCUT2D eigenvalue weighted by atomic mass is 10.1. The summed E-state index contributed by atoms with van der Waals surface area (Å²) in [5.74, 6) is -1.20. The quantitative estimate of drug-likeness (QED) is 0.227. The lowest BCUT2D eigenvalue weighted by Gasteiger charge is -2.32. The van der Waals surface area contributed by atoms with Crippen molar-refractivity contribution >= 4 is 56.4 Å². The topological polar surface area (TPSA) is 130 Å². The summed E-state index contributed by atoms with van der Waals surface area (Å²) in [6, 6.07) is 16.1.